The minimum absolute atomic E-state index is 0.00310. The molecule has 1 saturated heterocycles. The molecule has 3 N–H and O–H groups in total. The first-order valence-electron chi connectivity index (χ1n) is 8.15. The first-order chi connectivity index (χ1) is 14.0. The molecule has 0 unspecified atom stereocenters. The summed E-state index contributed by atoms with van der Waals surface area (Å²) in [4.78, 5) is 48.3. The van der Waals surface area contributed by atoms with E-state index >= 15 is 0 Å². The van der Waals surface area contributed by atoms with Gasteiger partial charge in [-0.15, -0.1) is 11.8 Å². The second kappa shape index (κ2) is 12.9. The number of rotatable bonds is 9. The predicted molar refractivity (Wildman–Crippen MR) is 122 cm³/mol. The lowest BCUT2D eigenvalue weighted by atomic mass is 10.0. The molecule has 1 aliphatic rings. The Hall–Kier alpha value is -0.760. The number of carbonyl (C=O) groups is 4. The molecule has 0 spiro atoms. The van der Waals surface area contributed by atoms with Crippen LogP contribution in [0.4, 0.5) is 4.79 Å². The van der Waals surface area contributed by atoms with Crippen molar-refractivity contribution in [3.63, 3.8) is 0 Å². The average molecular weight is 539 g/mol. The molecule has 30 heavy (non-hydrogen) atoms. The average Bonchev–Trinajstić information content (AvgIpc) is 2.66. The number of hydrogen-bond acceptors (Lipinski definition) is 10. The molecule has 2 atom stereocenters. The summed E-state index contributed by atoms with van der Waals surface area (Å²) in [6, 6.07) is 0. The standard InChI is InChI=1S/C15H18Cl3N3O6S3/c1-2-4-26-13(25)21(8(22)6-19)3-5-29-14(28)30-11-9(10(23)20-11)12(24)27-7-15(16,17)18/h2,9,11H,1,3-7,19H2,(H,20,23)/t9-,11-/m1/s1. The summed E-state index contributed by atoms with van der Waals surface area (Å²) in [5, 5.41) is 1.89. The van der Waals surface area contributed by atoms with Gasteiger partial charge in [-0.3, -0.25) is 14.4 Å². The molecular weight excluding hydrogens is 521 g/mol. The van der Waals surface area contributed by atoms with Gasteiger partial charge in [0.05, 0.1) is 6.54 Å². The fourth-order valence-electron chi connectivity index (χ4n) is 1.92. The van der Waals surface area contributed by atoms with Crippen molar-refractivity contribution in [3.05, 3.63) is 12.7 Å². The number of β-lactam (4-membered cyclic amide) rings is 1. The first kappa shape index (κ1) is 27.3. The molecule has 0 radical (unpaired) electrons. The first-order valence-corrected chi connectivity index (χ1v) is 11.6. The van der Waals surface area contributed by atoms with Crippen molar-refractivity contribution in [3.8, 4) is 0 Å². The Morgan fingerprint density at radius 2 is 2.00 bits per heavy atom. The van der Waals surface area contributed by atoms with E-state index in [-0.39, 0.29) is 25.4 Å². The summed E-state index contributed by atoms with van der Waals surface area (Å²) in [5.41, 5.74) is 5.31. The Morgan fingerprint density at radius 3 is 2.53 bits per heavy atom. The zero-order valence-electron chi connectivity index (χ0n) is 15.3. The summed E-state index contributed by atoms with van der Waals surface area (Å²) < 4.78 is 8.26. The molecule has 0 saturated carbocycles. The Bertz CT molecular complexity index is 707. The molecule has 9 nitrogen and oxygen atoms in total. The molecule has 0 aromatic carbocycles. The van der Waals surface area contributed by atoms with Crippen LogP contribution in [0.1, 0.15) is 0 Å². The molecule has 0 aliphatic carbocycles. The maximum Gasteiger partial charge on any atom is 0.416 e. The quantitative estimate of drug-likeness (QED) is 0.112. The van der Waals surface area contributed by atoms with Gasteiger partial charge >= 0.3 is 12.1 Å². The molecule has 3 amide bonds. The zero-order valence-corrected chi connectivity index (χ0v) is 20.0. The van der Waals surface area contributed by atoms with E-state index in [1.807, 2.05) is 0 Å². The number of alkyl halides is 3. The fourth-order valence-corrected chi connectivity index (χ4v) is 4.67. The van der Waals surface area contributed by atoms with Crippen LogP contribution in [0, 0.1) is 5.92 Å². The van der Waals surface area contributed by atoms with Crippen molar-refractivity contribution < 1.29 is 28.7 Å². The Morgan fingerprint density at radius 1 is 1.33 bits per heavy atom. The monoisotopic (exact) mass is 537 g/mol. The van der Waals surface area contributed by atoms with E-state index in [9.17, 15) is 19.2 Å². The normalized spacial score (nSPS) is 17.9. The molecular formula is C15H18Cl3N3O6S3. The van der Waals surface area contributed by atoms with E-state index in [2.05, 4.69) is 11.9 Å². The van der Waals surface area contributed by atoms with Crippen molar-refractivity contribution in [1.82, 2.24) is 10.2 Å². The van der Waals surface area contributed by atoms with Crippen LogP contribution in [0.5, 0.6) is 0 Å². The van der Waals surface area contributed by atoms with Crippen LogP contribution in [0.3, 0.4) is 0 Å². The zero-order chi connectivity index (χ0) is 22.9. The molecule has 168 valence electrons. The number of nitrogens with zero attached hydrogens (tertiary/aromatic N) is 1. The molecule has 1 fully saturated rings. The highest BCUT2D eigenvalue weighted by Gasteiger charge is 2.47. The fraction of sp³-hybridized carbons (Fsp3) is 0.533. The van der Waals surface area contributed by atoms with E-state index in [1.165, 1.54) is 6.08 Å². The summed E-state index contributed by atoms with van der Waals surface area (Å²) >= 11 is 24.0. The van der Waals surface area contributed by atoms with E-state index in [0.717, 1.165) is 28.4 Å². The van der Waals surface area contributed by atoms with Gasteiger partial charge in [0, 0.05) is 12.3 Å². The van der Waals surface area contributed by atoms with Gasteiger partial charge in [0.15, 0.2) is 5.92 Å². The topological polar surface area (TPSA) is 128 Å². The lowest BCUT2D eigenvalue weighted by molar-refractivity contribution is -0.157. The second-order valence-corrected chi connectivity index (χ2v) is 11.4. The van der Waals surface area contributed by atoms with Crippen LogP contribution >= 0.6 is 70.5 Å². The molecule has 1 heterocycles. The molecule has 0 aromatic heterocycles. The third kappa shape index (κ3) is 9.16. The summed E-state index contributed by atoms with van der Waals surface area (Å²) in [6.07, 6.45) is 0.526. The Labute approximate surface area is 201 Å². The summed E-state index contributed by atoms with van der Waals surface area (Å²) in [7, 11) is 0. The molecule has 0 bridgehead atoms. The Kier molecular flexibility index (Phi) is 11.8. The predicted octanol–water partition coefficient (Wildman–Crippen LogP) is 1.83. The molecule has 1 aliphatic heterocycles. The third-order valence-corrected chi connectivity index (χ3v) is 6.35. The molecule has 15 heteroatoms. The van der Waals surface area contributed by atoms with Gasteiger partial charge in [-0.2, -0.15) is 0 Å². The van der Waals surface area contributed by atoms with E-state index in [4.69, 9.17) is 62.2 Å². The van der Waals surface area contributed by atoms with Gasteiger partial charge in [-0.1, -0.05) is 71.4 Å². The number of hydrogen-bond donors (Lipinski definition) is 2. The van der Waals surface area contributed by atoms with Crippen LogP contribution in [-0.2, 0) is 23.9 Å². The van der Waals surface area contributed by atoms with E-state index < -0.39 is 45.6 Å². The number of ether oxygens (including phenoxy) is 2. The maximum absolute atomic E-state index is 12.0. The number of thiocarbonyl (C=S) groups is 1. The van der Waals surface area contributed by atoms with Gasteiger partial charge in [0.2, 0.25) is 15.6 Å². The number of nitrogens with two attached hydrogens (primary N) is 1. The highest BCUT2D eigenvalue weighted by molar-refractivity contribution is 8.47. The lowest BCUT2D eigenvalue weighted by Gasteiger charge is -2.34. The number of nitrogens with one attached hydrogen (secondary N) is 1. The third-order valence-electron chi connectivity index (χ3n) is 3.28. The van der Waals surface area contributed by atoms with Gasteiger partial charge < -0.3 is 20.5 Å². The highest BCUT2D eigenvalue weighted by Crippen LogP contribution is 2.33. The molecule has 1 rings (SSSR count). The number of thioether (sulfide) groups is 2. The second-order valence-electron chi connectivity index (χ2n) is 5.46. The number of carbonyl (C=O) groups excluding carboxylic acids is 4. The van der Waals surface area contributed by atoms with Crippen LogP contribution in [0.2, 0.25) is 0 Å². The van der Waals surface area contributed by atoms with E-state index in [1.54, 1.807) is 0 Å². The number of halogens is 3. The number of imide groups is 1. The maximum atomic E-state index is 12.0. The van der Waals surface area contributed by atoms with Gasteiger partial charge in [0.1, 0.15) is 22.1 Å². The minimum atomic E-state index is -1.79. The van der Waals surface area contributed by atoms with Crippen LogP contribution in [0.25, 0.3) is 0 Å². The highest BCUT2D eigenvalue weighted by atomic mass is 35.6. The minimum Gasteiger partial charge on any atom is -0.460 e. The summed E-state index contributed by atoms with van der Waals surface area (Å²) in [6.45, 7) is 2.51. The SMILES string of the molecule is C=CCOC(=O)N(CCSC(=S)S[C@H]1NC(=O)[C@H]1C(=O)OCC(Cl)(Cl)Cl)C(=O)CN. The number of amides is 3. The largest absolute Gasteiger partial charge is 0.460 e. The van der Waals surface area contributed by atoms with Gasteiger partial charge in [0.25, 0.3) is 0 Å². The van der Waals surface area contributed by atoms with Crippen molar-refractivity contribution in [2.75, 3.05) is 32.1 Å². The van der Waals surface area contributed by atoms with Crippen molar-refractivity contribution in [2.24, 2.45) is 11.7 Å². The van der Waals surface area contributed by atoms with Crippen molar-refractivity contribution >= 4 is 97.9 Å². The van der Waals surface area contributed by atoms with Gasteiger partial charge in [-0.25, -0.2) is 9.69 Å². The van der Waals surface area contributed by atoms with Crippen molar-refractivity contribution in [2.45, 2.75) is 9.17 Å². The summed E-state index contributed by atoms with van der Waals surface area (Å²) in [5.74, 6) is -2.81. The Balaban J connectivity index is 2.49. The van der Waals surface area contributed by atoms with Crippen LogP contribution in [-0.4, -0.2) is 73.5 Å². The lowest BCUT2D eigenvalue weighted by Crippen LogP contribution is -2.60. The van der Waals surface area contributed by atoms with Gasteiger partial charge in [-0.05, 0) is 0 Å². The number of esters is 1. The van der Waals surface area contributed by atoms with E-state index in [0.29, 0.717) is 3.53 Å². The smallest absolute Gasteiger partial charge is 0.416 e. The van der Waals surface area contributed by atoms with Crippen molar-refractivity contribution in [1.29, 1.82) is 0 Å². The molecule has 0 aromatic rings. The van der Waals surface area contributed by atoms with Crippen LogP contribution < -0.4 is 11.1 Å². The van der Waals surface area contributed by atoms with Crippen LogP contribution in [0.15, 0.2) is 12.7 Å².